The van der Waals surface area contributed by atoms with Crippen molar-refractivity contribution in [2.75, 3.05) is 37.3 Å². The number of nitrogens with one attached hydrogen (secondary N) is 1. The Morgan fingerprint density at radius 1 is 1.00 bits per heavy atom. The van der Waals surface area contributed by atoms with Gasteiger partial charge in [-0.2, -0.15) is 0 Å². The molecule has 3 aromatic rings. The summed E-state index contributed by atoms with van der Waals surface area (Å²) in [5.74, 6) is 0.260. The Labute approximate surface area is 208 Å². The molecule has 35 heavy (non-hydrogen) atoms. The number of anilines is 1. The van der Waals surface area contributed by atoms with Gasteiger partial charge in [0, 0.05) is 44.0 Å². The van der Waals surface area contributed by atoms with Crippen molar-refractivity contribution < 1.29 is 13.2 Å². The molecule has 7 heteroatoms. The Hall–Kier alpha value is -2.90. The maximum absolute atomic E-state index is 12.9. The zero-order valence-corrected chi connectivity index (χ0v) is 21.1. The van der Waals surface area contributed by atoms with Crippen molar-refractivity contribution in [3.05, 3.63) is 77.4 Å². The number of carbonyl (C=O) groups excluding carboxylic acids is 1. The van der Waals surface area contributed by atoms with E-state index in [1.165, 1.54) is 38.1 Å². The number of hydrogen-bond donors (Lipinski definition) is 1. The summed E-state index contributed by atoms with van der Waals surface area (Å²) >= 11 is 0. The van der Waals surface area contributed by atoms with Crippen molar-refractivity contribution >= 4 is 32.4 Å². The number of piperidine rings is 1. The largest absolute Gasteiger partial charge is 0.367 e. The van der Waals surface area contributed by atoms with Crippen LogP contribution in [0.3, 0.4) is 0 Å². The summed E-state index contributed by atoms with van der Waals surface area (Å²) in [5.41, 5.74) is 4.46. The van der Waals surface area contributed by atoms with Gasteiger partial charge in [-0.3, -0.25) is 4.79 Å². The normalized spacial score (nSPS) is 17.3. The lowest BCUT2D eigenvalue weighted by Crippen LogP contribution is -2.41. The number of fused-ring (bicyclic) bond motifs is 2. The zero-order valence-electron chi connectivity index (χ0n) is 20.2. The fourth-order valence-electron chi connectivity index (χ4n) is 5.40. The van der Waals surface area contributed by atoms with E-state index in [2.05, 4.69) is 58.7 Å². The molecule has 5 rings (SSSR count). The van der Waals surface area contributed by atoms with Crippen LogP contribution < -0.4 is 10.2 Å². The number of amides is 1. The minimum atomic E-state index is -3.13. The number of sulfonamides is 1. The quantitative estimate of drug-likeness (QED) is 0.561. The van der Waals surface area contributed by atoms with Crippen LogP contribution in [0.25, 0.3) is 10.8 Å². The average molecular weight is 492 g/mol. The van der Waals surface area contributed by atoms with E-state index in [9.17, 15) is 13.2 Å². The van der Waals surface area contributed by atoms with E-state index in [-0.39, 0.29) is 5.91 Å². The molecule has 0 aliphatic carbocycles. The molecule has 2 aliphatic rings. The van der Waals surface area contributed by atoms with Crippen LogP contribution in [0.1, 0.15) is 40.7 Å². The fraction of sp³-hybridized carbons (Fsp3) is 0.393. The highest BCUT2D eigenvalue weighted by Crippen LogP contribution is 2.31. The lowest BCUT2D eigenvalue weighted by Gasteiger charge is -2.32. The van der Waals surface area contributed by atoms with E-state index >= 15 is 0 Å². The fourth-order valence-corrected chi connectivity index (χ4v) is 6.27. The number of nitrogens with zero attached hydrogens (tertiary/aromatic N) is 2. The van der Waals surface area contributed by atoms with Crippen molar-refractivity contribution in [2.24, 2.45) is 5.92 Å². The highest BCUT2D eigenvalue weighted by atomic mass is 32.2. The number of benzene rings is 3. The third-order valence-electron chi connectivity index (χ3n) is 7.39. The lowest BCUT2D eigenvalue weighted by atomic mass is 9.96. The smallest absolute Gasteiger partial charge is 0.251 e. The molecule has 0 bridgehead atoms. The average Bonchev–Trinajstić information content (AvgIpc) is 2.87. The molecule has 0 spiro atoms. The minimum absolute atomic E-state index is 0.0514. The van der Waals surface area contributed by atoms with Gasteiger partial charge in [0.1, 0.15) is 0 Å². The van der Waals surface area contributed by atoms with Crippen LogP contribution in [0.15, 0.2) is 60.7 Å². The molecule has 3 aromatic carbocycles. The Balaban J connectivity index is 1.23. The standard InChI is InChI=1S/C28H33N3O3S/c1-35(33,34)31-16-13-21(14-17-31)19-29-28(32)24-11-12-27-23(18-24)9-5-15-30(27)20-25-8-4-7-22-6-2-3-10-26(22)25/h2-4,6-8,10-12,18,21H,5,9,13-17,19-20H2,1H3,(H,29,32). The van der Waals surface area contributed by atoms with Crippen molar-refractivity contribution in [1.29, 1.82) is 0 Å². The van der Waals surface area contributed by atoms with Gasteiger partial charge in [-0.25, -0.2) is 12.7 Å². The maximum atomic E-state index is 12.9. The van der Waals surface area contributed by atoms with Crippen LogP contribution in [-0.2, 0) is 23.0 Å². The molecule has 1 fully saturated rings. The third-order valence-corrected chi connectivity index (χ3v) is 8.69. The molecule has 2 aliphatic heterocycles. The summed E-state index contributed by atoms with van der Waals surface area (Å²) in [5, 5.41) is 5.63. The Kier molecular flexibility index (Phi) is 6.80. The second-order valence-electron chi connectivity index (χ2n) is 9.82. The van der Waals surface area contributed by atoms with Crippen molar-refractivity contribution in [3.63, 3.8) is 0 Å². The van der Waals surface area contributed by atoms with E-state index in [0.29, 0.717) is 31.1 Å². The first kappa shape index (κ1) is 23.8. The second kappa shape index (κ2) is 9.99. The molecule has 1 amide bonds. The molecule has 184 valence electrons. The van der Waals surface area contributed by atoms with Crippen LogP contribution in [0, 0.1) is 5.92 Å². The van der Waals surface area contributed by atoms with Gasteiger partial charge >= 0.3 is 0 Å². The highest BCUT2D eigenvalue weighted by molar-refractivity contribution is 7.88. The Bertz CT molecular complexity index is 1330. The Morgan fingerprint density at radius 3 is 2.57 bits per heavy atom. The van der Waals surface area contributed by atoms with Gasteiger partial charge in [0.25, 0.3) is 5.91 Å². The molecule has 1 saturated heterocycles. The van der Waals surface area contributed by atoms with Gasteiger partial charge in [-0.1, -0.05) is 42.5 Å². The lowest BCUT2D eigenvalue weighted by molar-refractivity contribution is 0.0941. The van der Waals surface area contributed by atoms with Gasteiger partial charge in [-0.05, 0) is 71.7 Å². The van der Waals surface area contributed by atoms with Crippen LogP contribution in [0.5, 0.6) is 0 Å². The minimum Gasteiger partial charge on any atom is -0.367 e. The van der Waals surface area contributed by atoms with Gasteiger partial charge in [0.15, 0.2) is 0 Å². The number of hydrogen-bond acceptors (Lipinski definition) is 4. The second-order valence-corrected chi connectivity index (χ2v) is 11.8. The summed E-state index contributed by atoms with van der Waals surface area (Å²) in [4.78, 5) is 15.3. The van der Waals surface area contributed by atoms with Crippen molar-refractivity contribution in [1.82, 2.24) is 9.62 Å². The van der Waals surface area contributed by atoms with Gasteiger partial charge in [-0.15, -0.1) is 0 Å². The molecule has 2 heterocycles. The molecule has 0 unspecified atom stereocenters. The van der Waals surface area contributed by atoms with E-state index in [1.54, 1.807) is 0 Å². The topological polar surface area (TPSA) is 69.7 Å². The molecule has 6 nitrogen and oxygen atoms in total. The van der Waals surface area contributed by atoms with E-state index in [4.69, 9.17) is 0 Å². The predicted molar refractivity (Wildman–Crippen MR) is 141 cm³/mol. The first-order chi connectivity index (χ1) is 16.9. The molecule has 1 N–H and O–H groups in total. The van der Waals surface area contributed by atoms with E-state index in [0.717, 1.165) is 38.8 Å². The van der Waals surface area contributed by atoms with Crippen molar-refractivity contribution in [3.8, 4) is 0 Å². The van der Waals surface area contributed by atoms with Crippen LogP contribution in [0.4, 0.5) is 5.69 Å². The van der Waals surface area contributed by atoms with Crippen LogP contribution in [-0.4, -0.2) is 51.1 Å². The number of rotatable bonds is 6. The molecular weight excluding hydrogens is 458 g/mol. The monoisotopic (exact) mass is 491 g/mol. The third kappa shape index (κ3) is 5.36. The SMILES string of the molecule is CS(=O)(=O)N1CCC(CNC(=O)c2ccc3c(c2)CCCN3Cc2cccc3ccccc23)CC1. The predicted octanol–water partition coefficient (Wildman–Crippen LogP) is 4.19. The van der Waals surface area contributed by atoms with Gasteiger partial charge < -0.3 is 10.2 Å². The number of carbonyl (C=O) groups is 1. The molecule has 0 aromatic heterocycles. The van der Waals surface area contributed by atoms with E-state index in [1.807, 2.05) is 12.1 Å². The highest BCUT2D eigenvalue weighted by Gasteiger charge is 2.25. The maximum Gasteiger partial charge on any atom is 0.251 e. The molecule has 0 atom stereocenters. The molecular formula is C28H33N3O3S. The first-order valence-electron chi connectivity index (χ1n) is 12.5. The zero-order chi connectivity index (χ0) is 24.4. The summed E-state index contributed by atoms with van der Waals surface area (Å²) in [6.45, 7) is 3.51. The van der Waals surface area contributed by atoms with Gasteiger partial charge in [0.05, 0.1) is 6.26 Å². The summed E-state index contributed by atoms with van der Waals surface area (Å²) in [6.07, 6.45) is 4.86. The molecule has 0 radical (unpaired) electrons. The molecule has 0 saturated carbocycles. The van der Waals surface area contributed by atoms with Crippen LogP contribution in [0.2, 0.25) is 0 Å². The summed E-state index contributed by atoms with van der Waals surface area (Å²) < 4.78 is 24.9. The Morgan fingerprint density at radius 2 is 1.77 bits per heavy atom. The van der Waals surface area contributed by atoms with Crippen LogP contribution >= 0.6 is 0 Å². The number of aryl methyl sites for hydroxylation is 1. The van der Waals surface area contributed by atoms with E-state index < -0.39 is 10.0 Å². The van der Waals surface area contributed by atoms with Gasteiger partial charge in [0.2, 0.25) is 10.0 Å². The summed E-state index contributed by atoms with van der Waals surface area (Å²) in [7, 11) is -3.13. The summed E-state index contributed by atoms with van der Waals surface area (Å²) in [6, 6.07) is 21.1. The first-order valence-corrected chi connectivity index (χ1v) is 14.3. The van der Waals surface area contributed by atoms with Crippen molar-refractivity contribution in [2.45, 2.75) is 32.2 Å².